The maximum absolute atomic E-state index is 12.5. The Labute approximate surface area is 123 Å². The molecule has 0 aromatic heterocycles. The Bertz CT molecular complexity index is 545. The lowest BCUT2D eigenvalue weighted by Crippen LogP contribution is -2.31. The van der Waals surface area contributed by atoms with Gasteiger partial charge in [-0.1, -0.05) is 13.8 Å². The van der Waals surface area contributed by atoms with E-state index in [1.807, 2.05) is 13.8 Å². The summed E-state index contributed by atoms with van der Waals surface area (Å²) in [7, 11) is -1.78. The van der Waals surface area contributed by atoms with Crippen LogP contribution in [0.1, 0.15) is 19.4 Å². The molecule has 0 saturated carbocycles. The van der Waals surface area contributed by atoms with Crippen molar-refractivity contribution in [3.63, 3.8) is 0 Å². The largest absolute Gasteiger partial charge is 0.416 e. The first-order valence-corrected chi connectivity index (χ1v) is 7.55. The maximum atomic E-state index is 12.5. The lowest BCUT2D eigenvalue weighted by Gasteiger charge is -2.11. The van der Waals surface area contributed by atoms with Crippen LogP contribution in [0.4, 0.5) is 18.9 Å². The van der Waals surface area contributed by atoms with Crippen LogP contribution in [0, 0.1) is 5.92 Å². The molecule has 1 atom stereocenters. The van der Waals surface area contributed by atoms with Gasteiger partial charge in [-0.25, -0.2) is 0 Å². The summed E-state index contributed by atoms with van der Waals surface area (Å²) in [5.41, 5.74) is 4.34. The molecule has 0 fully saturated rings. The zero-order valence-corrected chi connectivity index (χ0v) is 12.5. The van der Waals surface area contributed by atoms with Crippen LogP contribution in [-0.2, 0) is 21.8 Å². The zero-order chi connectivity index (χ0) is 16.2. The highest BCUT2D eigenvalue weighted by Gasteiger charge is 2.31. The van der Waals surface area contributed by atoms with Crippen molar-refractivity contribution in [1.82, 2.24) is 5.32 Å². The van der Waals surface area contributed by atoms with Crippen molar-refractivity contribution in [2.75, 3.05) is 18.0 Å². The Balaban J connectivity index is 2.77. The van der Waals surface area contributed by atoms with Gasteiger partial charge < -0.3 is 11.1 Å². The Hall–Kier alpha value is -1.57. The van der Waals surface area contributed by atoms with Crippen molar-refractivity contribution in [2.45, 2.75) is 24.9 Å². The molecule has 1 aromatic rings. The number of alkyl halides is 3. The summed E-state index contributed by atoms with van der Waals surface area (Å²) in [6.07, 6.45) is -4.51. The van der Waals surface area contributed by atoms with E-state index in [1.165, 1.54) is 0 Å². The SMILES string of the molecule is CC(C)CNC(=O)CS(=O)c1ccc(C(F)(F)F)cc1N. The molecule has 1 unspecified atom stereocenters. The minimum Gasteiger partial charge on any atom is -0.398 e. The molecule has 0 radical (unpaired) electrons. The molecule has 0 heterocycles. The van der Waals surface area contributed by atoms with E-state index in [0.717, 1.165) is 18.2 Å². The van der Waals surface area contributed by atoms with Gasteiger partial charge in [-0.2, -0.15) is 13.2 Å². The number of carbonyl (C=O) groups is 1. The maximum Gasteiger partial charge on any atom is 0.416 e. The van der Waals surface area contributed by atoms with Crippen molar-refractivity contribution < 1.29 is 22.2 Å². The number of nitrogen functional groups attached to an aromatic ring is 1. The molecule has 1 amide bonds. The summed E-state index contributed by atoms with van der Waals surface area (Å²) in [5.74, 6) is -0.512. The second-order valence-corrected chi connectivity index (χ2v) is 6.36. The number of anilines is 1. The van der Waals surface area contributed by atoms with E-state index in [0.29, 0.717) is 6.54 Å². The van der Waals surface area contributed by atoms with Gasteiger partial charge in [-0.3, -0.25) is 9.00 Å². The molecule has 1 rings (SSSR count). The van der Waals surface area contributed by atoms with Crippen molar-refractivity contribution in [3.8, 4) is 0 Å². The number of hydrogen-bond donors (Lipinski definition) is 2. The second kappa shape index (κ2) is 6.93. The standard InChI is InChI=1S/C13H17F3N2O2S/c1-8(2)6-18-12(19)7-21(20)11-4-3-9(5-10(11)17)13(14,15)16/h3-5,8H,6-7,17H2,1-2H3,(H,18,19). The predicted octanol–water partition coefficient (Wildman–Crippen LogP) is 2.17. The number of nitrogens with two attached hydrogens (primary N) is 1. The number of nitrogens with one attached hydrogen (secondary N) is 1. The Morgan fingerprint density at radius 2 is 2.00 bits per heavy atom. The average Bonchev–Trinajstić information content (AvgIpc) is 2.34. The molecule has 1 aromatic carbocycles. The monoisotopic (exact) mass is 322 g/mol. The molecule has 4 nitrogen and oxygen atoms in total. The van der Waals surface area contributed by atoms with Crippen LogP contribution in [-0.4, -0.2) is 22.4 Å². The van der Waals surface area contributed by atoms with E-state index >= 15 is 0 Å². The van der Waals surface area contributed by atoms with Crippen LogP contribution in [0.5, 0.6) is 0 Å². The third kappa shape index (κ3) is 5.37. The van der Waals surface area contributed by atoms with Crippen molar-refractivity contribution in [1.29, 1.82) is 0 Å². The molecule has 0 aliphatic carbocycles. The summed E-state index contributed by atoms with van der Waals surface area (Å²) >= 11 is 0. The highest BCUT2D eigenvalue weighted by molar-refractivity contribution is 7.86. The van der Waals surface area contributed by atoms with E-state index in [9.17, 15) is 22.2 Å². The molecule has 21 heavy (non-hydrogen) atoms. The van der Waals surface area contributed by atoms with Gasteiger partial charge in [0.15, 0.2) is 0 Å². The van der Waals surface area contributed by atoms with Gasteiger partial charge in [-0.05, 0) is 24.1 Å². The number of benzene rings is 1. The first kappa shape index (κ1) is 17.5. The Morgan fingerprint density at radius 3 is 2.48 bits per heavy atom. The lowest BCUT2D eigenvalue weighted by molar-refractivity contribution is -0.137. The topological polar surface area (TPSA) is 72.2 Å². The number of halogens is 3. The molecule has 8 heteroatoms. The molecule has 0 bridgehead atoms. The smallest absolute Gasteiger partial charge is 0.398 e. The minimum atomic E-state index is -4.51. The predicted molar refractivity (Wildman–Crippen MR) is 75.0 cm³/mol. The van der Waals surface area contributed by atoms with Gasteiger partial charge in [0.05, 0.1) is 21.3 Å². The molecule has 0 spiro atoms. The summed E-state index contributed by atoms with van der Waals surface area (Å²) < 4.78 is 49.4. The van der Waals surface area contributed by atoms with Crippen LogP contribution in [0.2, 0.25) is 0 Å². The first-order valence-electron chi connectivity index (χ1n) is 6.23. The summed E-state index contributed by atoms with van der Waals surface area (Å²) in [4.78, 5) is 11.6. The van der Waals surface area contributed by atoms with Gasteiger partial charge >= 0.3 is 6.18 Å². The first-order chi connectivity index (χ1) is 9.61. The van der Waals surface area contributed by atoms with Gasteiger partial charge in [0.1, 0.15) is 5.75 Å². The molecule has 0 aliphatic heterocycles. The quantitative estimate of drug-likeness (QED) is 0.816. The fourth-order valence-corrected chi connectivity index (χ4v) is 2.54. The fraction of sp³-hybridized carbons (Fsp3) is 0.462. The highest BCUT2D eigenvalue weighted by Crippen LogP contribution is 2.32. The van der Waals surface area contributed by atoms with E-state index in [2.05, 4.69) is 5.32 Å². The van der Waals surface area contributed by atoms with E-state index in [-0.39, 0.29) is 22.3 Å². The van der Waals surface area contributed by atoms with E-state index < -0.39 is 28.4 Å². The summed E-state index contributed by atoms with van der Waals surface area (Å²) in [6.45, 7) is 4.26. The number of hydrogen-bond acceptors (Lipinski definition) is 3. The average molecular weight is 322 g/mol. The molecule has 0 saturated heterocycles. The van der Waals surface area contributed by atoms with Gasteiger partial charge in [0, 0.05) is 12.2 Å². The van der Waals surface area contributed by atoms with Gasteiger partial charge in [-0.15, -0.1) is 0 Å². The number of rotatable bonds is 5. The van der Waals surface area contributed by atoms with Gasteiger partial charge in [0.25, 0.3) is 0 Å². The Morgan fingerprint density at radius 1 is 1.38 bits per heavy atom. The highest BCUT2D eigenvalue weighted by atomic mass is 32.2. The molecular formula is C13H17F3N2O2S. The normalized spacial score (nSPS) is 13.2. The van der Waals surface area contributed by atoms with E-state index in [4.69, 9.17) is 5.73 Å². The Kier molecular flexibility index (Phi) is 5.77. The third-order valence-corrected chi connectivity index (χ3v) is 3.94. The van der Waals surface area contributed by atoms with Crippen LogP contribution in [0.3, 0.4) is 0 Å². The van der Waals surface area contributed by atoms with Gasteiger partial charge in [0.2, 0.25) is 5.91 Å². The number of amides is 1. The van der Waals surface area contributed by atoms with Crippen LogP contribution >= 0.6 is 0 Å². The van der Waals surface area contributed by atoms with Crippen LogP contribution < -0.4 is 11.1 Å². The molecule has 0 aliphatic rings. The van der Waals surface area contributed by atoms with Crippen molar-refractivity contribution in [2.24, 2.45) is 5.92 Å². The zero-order valence-electron chi connectivity index (χ0n) is 11.7. The fourth-order valence-electron chi connectivity index (χ4n) is 1.50. The van der Waals surface area contributed by atoms with E-state index in [1.54, 1.807) is 0 Å². The van der Waals surface area contributed by atoms with Crippen LogP contribution in [0.25, 0.3) is 0 Å². The molecular weight excluding hydrogens is 305 g/mol. The van der Waals surface area contributed by atoms with Crippen molar-refractivity contribution >= 4 is 22.4 Å². The van der Waals surface area contributed by atoms with Crippen molar-refractivity contribution in [3.05, 3.63) is 23.8 Å². The lowest BCUT2D eigenvalue weighted by atomic mass is 10.2. The molecule has 3 N–H and O–H groups in total. The third-order valence-electron chi connectivity index (χ3n) is 2.55. The minimum absolute atomic E-state index is 0.0303. The van der Waals surface area contributed by atoms with Crippen LogP contribution in [0.15, 0.2) is 23.1 Å². The number of carbonyl (C=O) groups excluding carboxylic acids is 1. The summed E-state index contributed by atoms with van der Waals surface area (Å²) in [6, 6.07) is 2.57. The summed E-state index contributed by atoms with van der Waals surface area (Å²) in [5, 5.41) is 2.59. The molecule has 118 valence electrons. The second-order valence-electron chi connectivity index (χ2n) is 4.94.